The second kappa shape index (κ2) is 3.81. The highest BCUT2D eigenvalue weighted by Gasteiger charge is 2.23. The van der Waals surface area contributed by atoms with Crippen LogP contribution in [0.3, 0.4) is 0 Å². The molecule has 1 aromatic carbocycles. The quantitative estimate of drug-likeness (QED) is 0.812. The fourth-order valence-corrected chi connectivity index (χ4v) is 3.58. The van der Waals surface area contributed by atoms with Gasteiger partial charge in [-0.3, -0.25) is 4.55 Å². The summed E-state index contributed by atoms with van der Waals surface area (Å²) in [5.41, 5.74) is 2.23. The lowest BCUT2D eigenvalue weighted by molar-refractivity contribution is 0.483. The van der Waals surface area contributed by atoms with Crippen LogP contribution in [0.25, 0.3) is 0 Å². The highest BCUT2D eigenvalue weighted by atomic mass is 32.2. The Balaban J connectivity index is 2.50. The summed E-state index contributed by atoms with van der Waals surface area (Å²) in [4.78, 5) is 0.00204. The van der Waals surface area contributed by atoms with E-state index in [0.717, 1.165) is 17.7 Å². The number of thioether (sulfide) groups is 1. The van der Waals surface area contributed by atoms with Gasteiger partial charge in [-0.25, -0.2) is 0 Å². The van der Waals surface area contributed by atoms with Crippen LogP contribution in [0, 0.1) is 0 Å². The molecule has 0 aromatic heterocycles. The lowest BCUT2D eigenvalue weighted by atomic mass is 10.0. The lowest BCUT2D eigenvalue weighted by Gasteiger charge is -2.08. The molecule has 5 heteroatoms. The van der Waals surface area contributed by atoms with Crippen LogP contribution in [0.15, 0.2) is 23.1 Å². The van der Waals surface area contributed by atoms with E-state index in [1.165, 1.54) is 11.6 Å². The molecule has 0 amide bonds. The molecule has 1 aliphatic heterocycles. The van der Waals surface area contributed by atoms with Crippen LogP contribution in [-0.2, 0) is 15.9 Å². The smallest absolute Gasteiger partial charge is 0.282 e. The molecular formula is C10H12O3S2. The molecule has 15 heavy (non-hydrogen) atoms. The first kappa shape index (κ1) is 11.0. The molecule has 1 aromatic rings. The minimum atomic E-state index is -4.07. The van der Waals surface area contributed by atoms with Crippen molar-refractivity contribution in [2.45, 2.75) is 29.2 Å². The Morgan fingerprint density at radius 2 is 2.27 bits per heavy atom. The average molecular weight is 244 g/mol. The minimum Gasteiger partial charge on any atom is -0.282 e. The summed E-state index contributed by atoms with van der Waals surface area (Å²) < 4.78 is 30.9. The predicted octanol–water partition coefficient (Wildman–Crippen LogP) is 2.63. The van der Waals surface area contributed by atoms with Crippen molar-refractivity contribution < 1.29 is 13.0 Å². The van der Waals surface area contributed by atoms with Crippen LogP contribution in [-0.4, -0.2) is 13.0 Å². The number of hydrogen-bond acceptors (Lipinski definition) is 3. The van der Waals surface area contributed by atoms with Gasteiger partial charge in [-0.05, 0) is 29.7 Å². The lowest BCUT2D eigenvalue weighted by Crippen LogP contribution is -2.00. The van der Waals surface area contributed by atoms with Crippen molar-refractivity contribution in [3.63, 3.8) is 0 Å². The summed E-state index contributed by atoms with van der Waals surface area (Å²) in [5, 5.41) is 0.363. The zero-order chi connectivity index (χ0) is 11.1. The van der Waals surface area contributed by atoms with Crippen molar-refractivity contribution >= 4 is 21.9 Å². The number of benzene rings is 1. The van der Waals surface area contributed by atoms with E-state index in [4.69, 9.17) is 4.55 Å². The van der Waals surface area contributed by atoms with E-state index in [0.29, 0.717) is 5.25 Å². The summed E-state index contributed by atoms with van der Waals surface area (Å²) in [7, 11) is -4.07. The zero-order valence-corrected chi connectivity index (χ0v) is 9.94. The molecule has 1 aliphatic rings. The summed E-state index contributed by atoms with van der Waals surface area (Å²) >= 11 is 1.81. The van der Waals surface area contributed by atoms with Gasteiger partial charge in [-0.1, -0.05) is 13.0 Å². The third-order valence-corrected chi connectivity index (χ3v) is 4.89. The normalized spacial score (nSPS) is 20.3. The van der Waals surface area contributed by atoms with Crippen LogP contribution >= 0.6 is 11.8 Å². The van der Waals surface area contributed by atoms with E-state index in [2.05, 4.69) is 6.92 Å². The summed E-state index contributed by atoms with van der Waals surface area (Å²) in [6.07, 6.45) is 0.979. The molecule has 2 rings (SSSR count). The van der Waals surface area contributed by atoms with Gasteiger partial charge in [0.1, 0.15) is 0 Å². The van der Waals surface area contributed by atoms with Crippen LogP contribution in [0.4, 0.5) is 0 Å². The molecule has 1 N–H and O–H groups in total. The molecule has 0 aliphatic carbocycles. The third-order valence-electron chi connectivity index (χ3n) is 2.57. The van der Waals surface area contributed by atoms with Gasteiger partial charge in [0, 0.05) is 11.0 Å². The largest absolute Gasteiger partial charge is 0.294 e. The van der Waals surface area contributed by atoms with Crippen LogP contribution in [0.5, 0.6) is 0 Å². The SMILES string of the molecule is CCC1SCc2ccc(S(=O)(=O)O)cc21. The maximum absolute atomic E-state index is 11.0. The van der Waals surface area contributed by atoms with E-state index in [-0.39, 0.29) is 4.90 Å². The van der Waals surface area contributed by atoms with Crippen molar-refractivity contribution in [1.82, 2.24) is 0 Å². The van der Waals surface area contributed by atoms with Gasteiger partial charge in [-0.15, -0.1) is 11.8 Å². The molecule has 1 atom stereocenters. The Kier molecular flexibility index (Phi) is 2.79. The van der Waals surface area contributed by atoms with Gasteiger partial charge < -0.3 is 0 Å². The van der Waals surface area contributed by atoms with E-state index < -0.39 is 10.1 Å². The second-order valence-electron chi connectivity index (χ2n) is 3.54. The fourth-order valence-electron chi connectivity index (χ4n) is 1.78. The van der Waals surface area contributed by atoms with Crippen molar-refractivity contribution in [3.05, 3.63) is 29.3 Å². The molecule has 0 saturated carbocycles. The molecule has 82 valence electrons. The zero-order valence-electron chi connectivity index (χ0n) is 8.30. The van der Waals surface area contributed by atoms with Gasteiger partial charge in [-0.2, -0.15) is 8.42 Å². The highest BCUT2D eigenvalue weighted by molar-refractivity contribution is 7.99. The summed E-state index contributed by atoms with van der Waals surface area (Å²) in [6.45, 7) is 2.08. The molecule has 0 radical (unpaired) electrons. The van der Waals surface area contributed by atoms with Crippen LogP contribution in [0.2, 0.25) is 0 Å². The van der Waals surface area contributed by atoms with E-state index in [9.17, 15) is 8.42 Å². The first-order chi connectivity index (χ1) is 7.02. The highest BCUT2D eigenvalue weighted by Crippen LogP contribution is 2.44. The summed E-state index contributed by atoms with van der Waals surface area (Å²) in [5.74, 6) is 0.930. The molecular weight excluding hydrogens is 232 g/mol. The number of fused-ring (bicyclic) bond motifs is 1. The number of rotatable bonds is 2. The topological polar surface area (TPSA) is 54.4 Å². The number of hydrogen-bond donors (Lipinski definition) is 1. The van der Waals surface area contributed by atoms with Gasteiger partial charge in [0.25, 0.3) is 10.1 Å². The summed E-state index contributed by atoms with van der Waals surface area (Å²) in [6, 6.07) is 4.85. The van der Waals surface area contributed by atoms with Crippen molar-refractivity contribution in [3.8, 4) is 0 Å². The molecule has 0 spiro atoms. The van der Waals surface area contributed by atoms with Gasteiger partial charge in [0.15, 0.2) is 0 Å². The molecule has 1 unspecified atom stereocenters. The first-order valence-electron chi connectivity index (χ1n) is 4.74. The molecule has 0 bridgehead atoms. The Labute approximate surface area is 93.6 Å². The predicted molar refractivity (Wildman–Crippen MR) is 60.6 cm³/mol. The van der Waals surface area contributed by atoms with Crippen molar-refractivity contribution in [2.75, 3.05) is 0 Å². The maximum atomic E-state index is 11.0. The second-order valence-corrected chi connectivity index (χ2v) is 6.16. The average Bonchev–Trinajstić information content (AvgIpc) is 2.57. The van der Waals surface area contributed by atoms with E-state index >= 15 is 0 Å². The molecule has 0 saturated heterocycles. The van der Waals surface area contributed by atoms with Crippen molar-refractivity contribution in [2.24, 2.45) is 0 Å². The standard InChI is InChI=1S/C10H12O3S2/c1-2-10-9-5-8(15(11,12)13)4-3-7(9)6-14-10/h3-5,10H,2,6H2,1H3,(H,11,12,13). The Hall–Kier alpha value is -0.520. The Morgan fingerprint density at radius 1 is 1.53 bits per heavy atom. The van der Waals surface area contributed by atoms with Crippen LogP contribution < -0.4 is 0 Å². The molecule has 0 fully saturated rings. The monoisotopic (exact) mass is 244 g/mol. The van der Waals surface area contributed by atoms with Gasteiger partial charge in [0.05, 0.1) is 4.90 Å². The van der Waals surface area contributed by atoms with Gasteiger partial charge >= 0.3 is 0 Å². The first-order valence-corrected chi connectivity index (χ1v) is 7.23. The van der Waals surface area contributed by atoms with E-state index in [1.807, 2.05) is 11.8 Å². The third kappa shape index (κ3) is 2.04. The molecule has 3 nitrogen and oxygen atoms in total. The fraction of sp³-hybridized carbons (Fsp3) is 0.400. The molecule has 1 heterocycles. The van der Waals surface area contributed by atoms with Gasteiger partial charge in [0.2, 0.25) is 0 Å². The minimum absolute atomic E-state index is 0.00204. The maximum Gasteiger partial charge on any atom is 0.294 e. The van der Waals surface area contributed by atoms with Crippen molar-refractivity contribution in [1.29, 1.82) is 0 Å². The Bertz CT molecular complexity index is 479. The van der Waals surface area contributed by atoms with E-state index in [1.54, 1.807) is 12.1 Å². The Morgan fingerprint density at radius 3 is 2.87 bits per heavy atom. The van der Waals surface area contributed by atoms with Crippen LogP contribution in [0.1, 0.15) is 29.7 Å².